The Bertz CT molecular complexity index is 1270. The lowest BCUT2D eigenvalue weighted by Gasteiger charge is -2.14. The number of nitrogens with zero attached hydrogens (tertiary/aromatic N) is 3. The van der Waals surface area contributed by atoms with Crippen molar-refractivity contribution in [3.8, 4) is 11.5 Å². The van der Waals surface area contributed by atoms with Crippen LogP contribution in [0.15, 0.2) is 70.2 Å². The number of nitrogens with one attached hydrogen (secondary N) is 1. The summed E-state index contributed by atoms with van der Waals surface area (Å²) in [5.74, 6) is -0.0214. The highest BCUT2D eigenvalue weighted by molar-refractivity contribution is 7.92. The van der Waals surface area contributed by atoms with E-state index >= 15 is 0 Å². The highest BCUT2D eigenvalue weighted by atomic mass is 32.2. The van der Waals surface area contributed by atoms with Crippen molar-refractivity contribution in [3.05, 3.63) is 66.5 Å². The van der Waals surface area contributed by atoms with E-state index in [-0.39, 0.29) is 11.7 Å². The maximum Gasteiger partial charge on any atom is 0.417 e. The van der Waals surface area contributed by atoms with Crippen molar-refractivity contribution in [1.29, 1.82) is 0 Å². The van der Waals surface area contributed by atoms with Crippen molar-refractivity contribution in [2.45, 2.75) is 11.1 Å². The van der Waals surface area contributed by atoms with Gasteiger partial charge in [0.05, 0.1) is 10.5 Å². The minimum atomic E-state index is -4.83. The summed E-state index contributed by atoms with van der Waals surface area (Å²) in [6.07, 6.45) is -2.00. The second-order valence-corrected chi connectivity index (χ2v) is 7.52. The molecule has 3 heterocycles. The molecule has 29 heavy (non-hydrogen) atoms. The molecule has 1 aromatic carbocycles. The second kappa shape index (κ2) is 6.85. The number of hydrogen-bond acceptors (Lipinski definition) is 6. The third kappa shape index (κ3) is 3.76. The fraction of sp³-hybridized carbons (Fsp3) is 0.0556. The zero-order valence-electron chi connectivity index (χ0n) is 14.4. The van der Waals surface area contributed by atoms with Gasteiger partial charge in [-0.15, -0.1) is 0 Å². The van der Waals surface area contributed by atoms with E-state index in [0.29, 0.717) is 22.9 Å². The number of aromatic nitrogens is 3. The molecule has 0 fully saturated rings. The van der Waals surface area contributed by atoms with Gasteiger partial charge in [0.2, 0.25) is 5.89 Å². The number of hydrogen-bond donors (Lipinski definition) is 1. The van der Waals surface area contributed by atoms with Crippen molar-refractivity contribution >= 4 is 27.1 Å². The molecule has 0 radical (unpaired) electrons. The highest BCUT2D eigenvalue weighted by Crippen LogP contribution is 2.34. The lowest BCUT2D eigenvalue weighted by Crippen LogP contribution is -2.19. The first-order valence-corrected chi connectivity index (χ1v) is 9.59. The third-order valence-electron chi connectivity index (χ3n) is 3.89. The fourth-order valence-electron chi connectivity index (χ4n) is 2.64. The molecule has 4 rings (SSSR count). The van der Waals surface area contributed by atoms with Crippen LogP contribution in [0.2, 0.25) is 0 Å². The standard InChI is InChI=1S/C18H11F3N4O3S/c19-18(20,21)12-4-1-2-6-14(12)29(26,27)25-15-10-11(7-9-22-15)17-24-16-13(28-17)5-3-8-23-16/h1-10H,(H,22,25). The Labute approximate surface area is 162 Å². The van der Waals surface area contributed by atoms with Crippen LogP contribution in [0.3, 0.4) is 0 Å². The number of sulfonamides is 1. The van der Waals surface area contributed by atoms with E-state index in [1.165, 1.54) is 24.4 Å². The van der Waals surface area contributed by atoms with Crippen LogP contribution >= 0.6 is 0 Å². The number of rotatable bonds is 4. The predicted octanol–water partition coefficient (Wildman–Crippen LogP) is 4.10. The first-order chi connectivity index (χ1) is 13.7. The Morgan fingerprint density at radius 1 is 0.966 bits per heavy atom. The molecule has 0 saturated heterocycles. The van der Waals surface area contributed by atoms with Crippen molar-refractivity contribution in [2.75, 3.05) is 4.72 Å². The normalized spacial score (nSPS) is 12.2. The summed E-state index contributed by atoms with van der Waals surface area (Å²) in [6, 6.07) is 10.1. The summed E-state index contributed by atoms with van der Waals surface area (Å²) in [5, 5.41) is 0. The number of oxazole rings is 1. The van der Waals surface area contributed by atoms with Crippen LogP contribution < -0.4 is 4.72 Å². The summed E-state index contributed by atoms with van der Waals surface area (Å²) in [5.41, 5.74) is -0.102. The fourth-order valence-corrected chi connectivity index (χ4v) is 3.87. The number of pyridine rings is 2. The second-order valence-electron chi connectivity index (χ2n) is 5.87. The molecule has 0 spiro atoms. The zero-order valence-corrected chi connectivity index (χ0v) is 15.2. The Morgan fingerprint density at radius 2 is 1.76 bits per heavy atom. The average Bonchev–Trinajstić information content (AvgIpc) is 3.11. The van der Waals surface area contributed by atoms with E-state index in [1.54, 1.807) is 18.3 Å². The molecule has 0 bridgehead atoms. The summed E-state index contributed by atoms with van der Waals surface area (Å²) in [7, 11) is -4.55. The molecule has 4 aromatic rings. The molecule has 0 saturated carbocycles. The molecule has 0 aliphatic carbocycles. The molecule has 0 aliphatic heterocycles. The number of benzene rings is 1. The van der Waals surface area contributed by atoms with E-state index in [4.69, 9.17) is 4.42 Å². The van der Waals surface area contributed by atoms with Crippen LogP contribution in [-0.2, 0) is 16.2 Å². The summed E-state index contributed by atoms with van der Waals surface area (Å²) < 4.78 is 72.3. The lowest BCUT2D eigenvalue weighted by atomic mass is 10.2. The van der Waals surface area contributed by atoms with Crippen molar-refractivity contribution in [1.82, 2.24) is 15.0 Å². The van der Waals surface area contributed by atoms with Crippen molar-refractivity contribution in [3.63, 3.8) is 0 Å². The first-order valence-electron chi connectivity index (χ1n) is 8.11. The third-order valence-corrected chi connectivity index (χ3v) is 5.31. The van der Waals surface area contributed by atoms with E-state index in [9.17, 15) is 21.6 Å². The minimum absolute atomic E-state index is 0.164. The SMILES string of the molecule is O=S(=O)(Nc1cc(-c2nc3ncccc3o2)ccn1)c1ccccc1C(F)(F)F. The van der Waals surface area contributed by atoms with Gasteiger partial charge in [-0.2, -0.15) is 18.2 Å². The molecule has 0 atom stereocenters. The molecular weight excluding hydrogens is 409 g/mol. The number of anilines is 1. The van der Waals surface area contributed by atoms with Gasteiger partial charge in [0.1, 0.15) is 5.82 Å². The average molecular weight is 420 g/mol. The Morgan fingerprint density at radius 3 is 2.52 bits per heavy atom. The van der Waals surface area contributed by atoms with Crippen LogP contribution in [0.1, 0.15) is 5.56 Å². The van der Waals surface area contributed by atoms with Gasteiger partial charge in [0.25, 0.3) is 10.0 Å². The van der Waals surface area contributed by atoms with Crippen LogP contribution in [0, 0.1) is 0 Å². The topological polar surface area (TPSA) is 98.0 Å². The molecular formula is C18H11F3N4O3S. The van der Waals surface area contributed by atoms with Gasteiger partial charge >= 0.3 is 6.18 Å². The molecule has 1 N–H and O–H groups in total. The van der Waals surface area contributed by atoms with E-state index in [1.807, 2.05) is 0 Å². The number of halogens is 3. The molecule has 3 aromatic heterocycles. The van der Waals surface area contributed by atoms with Crippen molar-refractivity contribution in [2.24, 2.45) is 0 Å². The summed E-state index contributed by atoms with van der Waals surface area (Å²) in [4.78, 5) is 11.2. The summed E-state index contributed by atoms with van der Waals surface area (Å²) in [6.45, 7) is 0. The number of alkyl halides is 3. The van der Waals surface area contributed by atoms with Gasteiger partial charge < -0.3 is 4.42 Å². The number of fused-ring (bicyclic) bond motifs is 1. The zero-order chi connectivity index (χ0) is 20.6. The van der Waals surface area contributed by atoms with E-state index in [0.717, 1.165) is 12.1 Å². The smallest absolute Gasteiger partial charge is 0.417 e. The van der Waals surface area contributed by atoms with Gasteiger partial charge in [0, 0.05) is 18.0 Å². The van der Waals surface area contributed by atoms with Crippen LogP contribution in [0.5, 0.6) is 0 Å². The van der Waals surface area contributed by atoms with Gasteiger partial charge in [-0.1, -0.05) is 12.1 Å². The quantitative estimate of drug-likeness (QED) is 0.534. The first kappa shape index (κ1) is 18.9. The van der Waals surface area contributed by atoms with Crippen molar-refractivity contribution < 1.29 is 26.0 Å². The lowest BCUT2D eigenvalue weighted by molar-refractivity contribution is -0.139. The van der Waals surface area contributed by atoms with Crippen LogP contribution in [0.25, 0.3) is 22.7 Å². The Kier molecular flexibility index (Phi) is 4.46. The van der Waals surface area contributed by atoms with E-state index < -0.39 is 26.7 Å². The van der Waals surface area contributed by atoms with Gasteiger partial charge in [-0.3, -0.25) is 4.72 Å². The van der Waals surface area contributed by atoms with Crippen LogP contribution in [-0.4, -0.2) is 23.4 Å². The van der Waals surface area contributed by atoms with E-state index in [2.05, 4.69) is 19.7 Å². The van der Waals surface area contributed by atoms with Crippen LogP contribution in [0.4, 0.5) is 19.0 Å². The maximum absolute atomic E-state index is 13.2. The molecule has 7 nitrogen and oxygen atoms in total. The van der Waals surface area contributed by atoms with Gasteiger partial charge in [-0.05, 0) is 36.4 Å². The summed E-state index contributed by atoms with van der Waals surface area (Å²) >= 11 is 0. The Hall–Kier alpha value is -3.47. The molecule has 148 valence electrons. The molecule has 0 aliphatic rings. The predicted molar refractivity (Wildman–Crippen MR) is 97.3 cm³/mol. The molecule has 11 heteroatoms. The maximum atomic E-state index is 13.2. The molecule has 0 unspecified atom stereocenters. The molecule has 0 amide bonds. The Balaban J connectivity index is 1.70. The minimum Gasteiger partial charge on any atom is -0.434 e. The van der Waals surface area contributed by atoms with Gasteiger partial charge in [-0.25, -0.2) is 18.4 Å². The monoisotopic (exact) mass is 420 g/mol. The van der Waals surface area contributed by atoms with Gasteiger partial charge in [0.15, 0.2) is 11.2 Å². The largest absolute Gasteiger partial charge is 0.434 e. The highest BCUT2D eigenvalue weighted by Gasteiger charge is 2.37.